The van der Waals surface area contributed by atoms with Gasteiger partial charge in [-0.05, 0) is 73.4 Å². The fraction of sp³-hybridized carbons (Fsp3) is 0.500. The van der Waals surface area contributed by atoms with Gasteiger partial charge in [0.25, 0.3) is 0 Å². The van der Waals surface area contributed by atoms with Crippen molar-refractivity contribution in [2.24, 2.45) is 0 Å². The fourth-order valence-corrected chi connectivity index (χ4v) is 5.68. The van der Waals surface area contributed by atoms with Crippen LogP contribution in [-0.2, 0) is 11.2 Å². The number of nitrogens with zero attached hydrogens (tertiary/aromatic N) is 1. The molecule has 35 heavy (non-hydrogen) atoms. The number of methoxy groups -OCH3 is 3. The van der Waals surface area contributed by atoms with Gasteiger partial charge in [0.2, 0.25) is 17.1 Å². The number of benzene rings is 1. The third-order valence-electron chi connectivity index (χ3n) is 7.30. The van der Waals surface area contributed by atoms with Gasteiger partial charge in [0.05, 0.1) is 33.1 Å². The second-order valence-electron chi connectivity index (χ2n) is 9.32. The van der Waals surface area contributed by atoms with Crippen molar-refractivity contribution in [2.75, 3.05) is 32.8 Å². The van der Waals surface area contributed by atoms with E-state index in [9.17, 15) is 9.59 Å². The van der Waals surface area contributed by atoms with Gasteiger partial charge in [-0.15, -0.1) is 0 Å². The highest BCUT2D eigenvalue weighted by Gasteiger charge is 2.30. The van der Waals surface area contributed by atoms with Crippen molar-refractivity contribution < 1.29 is 19.0 Å². The van der Waals surface area contributed by atoms with Crippen molar-refractivity contribution in [2.45, 2.75) is 64.5 Å². The molecule has 1 N–H and O–H groups in total. The van der Waals surface area contributed by atoms with Gasteiger partial charge in [0.15, 0.2) is 11.5 Å². The minimum atomic E-state index is -0.298. The zero-order chi connectivity index (χ0) is 25.1. The largest absolute Gasteiger partial charge is 0.493 e. The van der Waals surface area contributed by atoms with Crippen LogP contribution < -0.4 is 29.9 Å². The quantitative estimate of drug-likeness (QED) is 0.650. The molecule has 1 fully saturated rings. The maximum absolute atomic E-state index is 13.7. The van der Waals surface area contributed by atoms with E-state index in [0.717, 1.165) is 48.1 Å². The molecule has 7 heteroatoms. The molecule has 2 atom stereocenters. The van der Waals surface area contributed by atoms with Gasteiger partial charge in [0.1, 0.15) is 0 Å². The predicted octanol–water partition coefficient (Wildman–Crippen LogP) is 4.63. The molecule has 2 aromatic rings. The maximum atomic E-state index is 13.7. The van der Waals surface area contributed by atoms with Crippen molar-refractivity contribution in [1.82, 2.24) is 5.32 Å². The normalized spacial score (nSPS) is 19.2. The Kier molecular flexibility index (Phi) is 7.53. The van der Waals surface area contributed by atoms with Crippen molar-refractivity contribution in [3.05, 3.63) is 45.6 Å². The number of hydrogen-bond acceptors (Lipinski definition) is 6. The number of piperidine rings is 1. The second kappa shape index (κ2) is 10.6. The average Bonchev–Trinajstić information content (AvgIpc) is 3.11. The summed E-state index contributed by atoms with van der Waals surface area (Å²) in [6.45, 7) is 4.57. The lowest BCUT2D eigenvalue weighted by atomic mass is 9.95. The van der Waals surface area contributed by atoms with Crippen LogP contribution in [0, 0.1) is 0 Å². The van der Waals surface area contributed by atoms with E-state index in [0.29, 0.717) is 41.8 Å². The van der Waals surface area contributed by atoms with Gasteiger partial charge in [-0.25, -0.2) is 0 Å². The maximum Gasteiger partial charge on any atom is 0.217 e. The third kappa shape index (κ3) is 4.68. The number of anilines is 1. The van der Waals surface area contributed by atoms with Crippen LogP contribution in [0.25, 0.3) is 11.1 Å². The van der Waals surface area contributed by atoms with Crippen LogP contribution in [0.15, 0.2) is 29.1 Å². The lowest BCUT2D eigenvalue weighted by Crippen LogP contribution is -2.41. The van der Waals surface area contributed by atoms with Crippen LogP contribution in [0.5, 0.6) is 17.2 Å². The molecule has 0 spiro atoms. The summed E-state index contributed by atoms with van der Waals surface area (Å²) in [6, 6.07) is 7.72. The molecule has 1 aliphatic carbocycles. The molecule has 0 aromatic heterocycles. The Hall–Kier alpha value is -3.22. The van der Waals surface area contributed by atoms with Gasteiger partial charge < -0.3 is 24.4 Å². The Balaban J connectivity index is 2.00. The van der Waals surface area contributed by atoms with Gasteiger partial charge in [-0.1, -0.05) is 13.0 Å². The number of ether oxygens (including phenoxy) is 3. The van der Waals surface area contributed by atoms with Crippen LogP contribution in [0.2, 0.25) is 0 Å². The Morgan fingerprint density at radius 2 is 1.83 bits per heavy atom. The Labute approximate surface area is 207 Å². The lowest BCUT2D eigenvalue weighted by Gasteiger charge is -2.36. The van der Waals surface area contributed by atoms with Crippen LogP contribution in [0.1, 0.15) is 63.1 Å². The zero-order valence-corrected chi connectivity index (χ0v) is 21.4. The summed E-state index contributed by atoms with van der Waals surface area (Å²) >= 11 is 0. The summed E-state index contributed by atoms with van der Waals surface area (Å²) in [6.07, 6.45) is 5.70. The topological polar surface area (TPSA) is 77.1 Å². The van der Waals surface area contributed by atoms with E-state index in [1.165, 1.54) is 13.3 Å². The van der Waals surface area contributed by atoms with E-state index in [2.05, 4.69) is 17.1 Å². The number of aryl methyl sites for hydroxylation is 1. The number of carbonyl (C=O) groups excluding carboxylic acids is 1. The standard InChI is InChI=1S/C28H36N2O5/c1-6-19-9-7-8-14-30(19)23-13-11-20-21(16-24(23)32)22(29-17(2)31)12-10-18-15-25(33-3)27(34-4)28(35-5)26(18)20/h11,13,15-16,19,22H,6-10,12,14H2,1-5H3,(H,29,31). The van der Waals surface area contributed by atoms with E-state index in [1.807, 2.05) is 18.2 Å². The SMILES string of the molecule is CCC1CCCCN1c1ccc2c(cc1=O)C(NC(C)=O)CCc1cc(OC)c(OC)c(OC)c1-2. The minimum Gasteiger partial charge on any atom is -0.493 e. The molecule has 0 saturated carbocycles. The van der Waals surface area contributed by atoms with Crippen LogP contribution >= 0.6 is 0 Å². The van der Waals surface area contributed by atoms with Gasteiger partial charge in [-0.2, -0.15) is 0 Å². The third-order valence-corrected chi connectivity index (χ3v) is 7.30. The number of amides is 1. The van der Waals surface area contributed by atoms with Crippen LogP contribution in [0.3, 0.4) is 0 Å². The summed E-state index contributed by atoms with van der Waals surface area (Å²) in [5, 5.41) is 3.07. The summed E-state index contributed by atoms with van der Waals surface area (Å²) in [5.74, 6) is 1.53. The molecule has 2 aliphatic rings. The molecule has 0 bridgehead atoms. The van der Waals surface area contributed by atoms with Gasteiger partial charge in [0, 0.05) is 25.1 Å². The predicted molar refractivity (Wildman–Crippen MR) is 138 cm³/mol. The first kappa shape index (κ1) is 24.9. The summed E-state index contributed by atoms with van der Waals surface area (Å²) < 4.78 is 17.1. The molecule has 1 heterocycles. The molecule has 2 unspecified atom stereocenters. The lowest BCUT2D eigenvalue weighted by molar-refractivity contribution is -0.119. The first-order valence-electron chi connectivity index (χ1n) is 12.5. The highest BCUT2D eigenvalue weighted by atomic mass is 16.5. The van der Waals surface area contributed by atoms with E-state index >= 15 is 0 Å². The monoisotopic (exact) mass is 480 g/mol. The molecule has 1 aliphatic heterocycles. The minimum absolute atomic E-state index is 0.0233. The molecular weight excluding hydrogens is 444 g/mol. The summed E-state index contributed by atoms with van der Waals surface area (Å²) in [5.41, 5.74) is 4.25. The van der Waals surface area contributed by atoms with E-state index < -0.39 is 0 Å². The Morgan fingerprint density at radius 3 is 2.49 bits per heavy atom. The van der Waals surface area contributed by atoms with Crippen LogP contribution in [-0.4, -0.2) is 39.8 Å². The highest BCUT2D eigenvalue weighted by Crippen LogP contribution is 2.50. The van der Waals surface area contributed by atoms with Gasteiger partial charge >= 0.3 is 0 Å². The van der Waals surface area contributed by atoms with Crippen molar-refractivity contribution in [1.29, 1.82) is 0 Å². The summed E-state index contributed by atoms with van der Waals surface area (Å²) in [7, 11) is 4.80. The molecule has 1 saturated heterocycles. The molecule has 188 valence electrons. The number of fused-ring (bicyclic) bond motifs is 3. The van der Waals surface area contributed by atoms with Crippen molar-refractivity contribution >= 4 is 11.6 Å². The Bertz CT molecular complexity index is 1160. The van der Waals surface area contributed by atoms with E-state index in [4.69, 9.17) is 14.2 Å². The van der Waals surface area contributed by atoms with E-state index in [1.54, 1.807) is 27.4 Å². The summed E-state index contributed by atoms with van der Waals surface area (Å²) in [4.78, 5) is 28.1. The number of hydrogen-bond donors (Lipinski definition) is 1. The fourth-order valence-electron chi connectivity index (χ4n) is 5.68. The zero-order valence-electron chi connectivity index (χ0n) is 21.4. The van der Waals surface area contributed by atoms with Crippen LogP contribution in [0.4, 0.5) is 5.69 Å². The molecule has 0 radical (unpaired) electrons. The second-order valence-corrected chi connectivity index (χ2v) is 9.32. The first-order valence-corrected chi connectivity index (χ1v) is 12.5. The average molecular weight is 481 g/mol. The van der Waals surface area contributed by atoms with Gasteiger partial charge in [-0.3, -0.25) is 9.59 Å². The Morgan fingerprint density at radius 1 is 1.06 bits per heavy atom. The first-order chi connectivity index (χ1) is 16.9. The van der Waals surface area contributed by atoms with Crippen molar-refractivity contribution in [3.8, 4) is 28.4 Å². The smallest absolute Gasteiger partial charge is 0.217 e. The molecule has 2 aromatic carbocycles. The van der Waals surface area contributed by atoms with E-state index in [-0.39, 0.29) is 17.4 Å². The van der Waals surface area contributed by atoms with Crippen molar-refractivity contribution in [3.63, 3.8) is 0 Å². The molecular formula is C28H36N2O5. The number of nitrogens with one attached hydrogen (secondary N) is 1. The highest BCUT2D eigenvalue weighted by molar-refractivity contribution is 5.83. The number of rotatable bonds is 6. The molecule has 1 amide bonds. The molecule has 7 nitrogen and oxygen atoms in total. The molecule has 4 rings (SSSR count). The number of carbonyl (C=O) groups is 1.